The van der Waals surface area contributed by atoms with Crippen LogP contribution in [0, 0.1) is 0 Å². The molecule has 0 aliphatic heterocycles. The van der Waals surface area contributed by atoms with E-state index in [0.29, 0.717) is 0 Å². The van der Waals surface area contributed by atoms with Crippen molar-refractivity contribution < 1.29 is 5.48 Å². The highest BCUT2D eigenvalue weighted by molar-refractivity contribution is 8.76. The van der Waals surface area contributed by atoms with E-state index in [1.54, 1.807) is 0 Å². The third-order valence-electron chi connectivity index (χ3n) is 4.44. The molecule has 0 saturated heterocycles. The summed E-state index contributed by atoms with van der Waals surface area (Å²) >= 11 is 0. The van der Waals surface area contributed by atoms with Gasteiger partial charge in [-0.1, -0.05) is 165 Å². The molecule has 1 nitrogen and oxygen atoms in total. The van der Waals surface area contributed by atoms with Crippen molar-refractivity contribution in [1.82, 2.24) is 0 Å². The largest absolute Gasteiger partial charge is 0.412 e. The molecule has 4 rings (SSSR count). The molecule has 0 amide bonds. The average Bonchev–Trinajstić information content (AvgIpc) is 2.88. The average molecular weight is 511 g/mol. The van der Waals surface area contributed by atoms with Crippen molar-refractivity contribution in [2.24, 2.45) is 0 Å². The predicted octanol–water partition coefficient (Wildman–Crippen LogP) is 8.71. The van der Waals surface area contributed by atoms with Crippen molar-refractivity contribution in [2.45, 2.75) is 23.0 Å². The quantitative estimate of drug-likeness (QED) is 0.158. The molecule has 2 N–H and O–H groups in total. The van der Waals surface area contributed by atoms with Crippen LogP contribution in [0.15, 0.2) is 121 Å². The Morgan fingerprint density at radius 2 is 0.485 bits per heavy atom. The van der Waals surface area contributed by atoms with Crippen LogP contribution in [0.1, 0.15) is 22.3 Å². The molecule has 0 radical (unpaired) electrons. The molecule has 0 spiro atoms. The van der Waals surface area contributed by atoms with Crippen LogP contribution in [-0.4, -0.2) is 5.48 Å². The molecule has 4 aromatic rings. The van der Waals surface area contributed by atoms with Gasteiger partial charge < -0.3 is 5.48 Å². The summed E-state index contributed by atoms with van der Waals surface area (Å²) < 4.78 is 0. The number of rotatable bonds is 10. The molecule has 0 aliphatic carbocycles. The Morgan fingerprint density at radius 3 is 0.667 bits per heavy atom. The second-order valence-corrected chi connectivity index (χ2v) is 11.9. The summed E-state index contributed by atoms with van der Waals surface area (Å²) in [5.41, 5.74) is 5.59. The standard InChI is InChI=1S/2C14H14S2.H2O/c2*1-3-7-13(8-4-1)11-15-16-12-14-9-5-2-6-10-14;/h2*1-10H,11-12H2;1H2. The molecule has 5 heteroatoms. The molecular formula is C28H30OS4. The van der Waals surface area contributed by atoms with Crippen LogP contribution >= 0.6 is 43.2 Å². The Morgan fingerprint density at radius 1 is 0.303 bits per heavy atom. The van der Waals surface area contributed by atoms with Crippen molar-refractivity contribution in [2.75, 3.05) is 0 Å². The van der Waals surface area contributed by atoms with Gasteiger partial charge in [-0.25, -0.2) is 0 Å². The van der Waals surface area contributed by atoms with E-state index in [2.05, 4.69) is 121 Å². The van der Waals surface area contributed by atoms with Crippen molar-refractivity contribution in [3.63, 3.8) is 0 Å². The van der Waals surface area contributed by atoms with Crippen molar-refractivity contribution in [1.29, 1.82) is 0 Å². The van der Waals surface area contributed by atoms with Crippen LogP contribution in [0.2, 0.25) is 0 Å². The first-order chi connectivity index (χ1) is 15.9. The van der Waals surface area contributed by atoms with Gasteiger partial charge in [0.25, 0.3) is 0 Å². The van der Waals surface area contributed by atoms with E-state index in [9.17, 15) is 0 Å². The Hall–Kier alpha value is -1.76. The van der Waals surface area contributed by atoms with Gasteiger partial charge in [-0.2, -0.15) is 0 Å². The lowest BCUT2D eigenvalue weighted by atomic mass is 10.2. The Bertz CT molecular complexity index is 802. The topological polar surface area (TPSA) is 31.5 Å². The number of hydrogen-bond acceptors (Lipinski definition) is 4. The molecule has 4 aromatic carbocycles. The summed E-state index contributed by atoms with van der Waals surface area (Å²) in [5, 5.41) is 0. The molecule has 0 fully saturated rings. The lowest BCUT2D eigenvalue weighted by Crippen LogP contribution is -1.78. The lowest BCUT2D eigenvalue weighted by molar-refractivity contribution is 0.824. The van der Waals surface area contributed by atoms with E-state index in [1.165, 1.54) is 22.3 Å². The van der Waals surface area contributed by atoms with Crippen LogP contribution in [-0.2, 0) is 23.0 Å². The maximum atomic E-state index is 2.18. The van der Waals surface area contributed by atoms with Gasteiger partial charge >= 0.3 is 0 Å². The molecule has 172 valence electrons. The normalized spacial score (nSPS) is 9.94. The minimum atomic E-state index is 0. The third-order valence-corrected chi connectivity index (χ3v) is 8.99. The second kappa shape index (κ2) is 17.7. The van der Waals surface area contributed by atoms with Gasteiger partial charge in [0.2, 0.25) is 0 Å². The highest BCUT2D eigenvalue weighted by atomic mass is 33.1. The van der Waals surface area contributed by atoms with Crippen LogP contribution in [0.5, 0.6) is 0 Å². The smallest absolute Gasteiger partial charge is 0.0288 e. The van der Waals surface area contributed by atoms with Crippen LogP contribution in [0.4, 0.5) is 0 Å². The fraction of sp³-hybridized carbons (Fsp3) is 0.143. The molecule has 0 heterocycles. The summed E-state index contributed by atoms with van der Waals surface area (Å²) in [6.45, 7) is 0. The maximum Gasteiger partial charge on any atom is 0.0288 e. The van der Waals surface area contributed by atoms with Crippen LogP contribution in [0.25, 0.3) is 0 Å². The highest BCUT2D eigenvalue weighted by Gasteiger charge is 1.96. The summed E-state index contributed by atoms with van der Waals surface area (Å²) in [4.78, 5) is 0. The van der Waals surface area contributed by atoms with Crippen molar-refractivity contribution in [3.8, 4) is 0 Å². The summed E-state index contributed by atoms with van der Waals surface area (Å²) in [6.07, 6.45) is 0. The summed E-state index contributed by atoms with van der Waals surface area (Å²) in [7, 11) is 7.67. The van der Waals surface area contributed by atoms with Gasteiger partial charge in [-0.15, -0.1) is 0 Å². The predicted molar refractivity (Wildman–Crippen MR) is 155 cm³/mol. The van der Waals surface area contributed by atoms with E-state index >= 15 is 0 Å². The van der Waals surface area contributed by atoms with Gasteiger partial charge in [0.1, 0.15) is 0 Å². The van der Waals surface area contributed by atoms with E-state index < -0.39 is 0 Å². The van der Waals surface area contributed by atoms with E-state index in [-0.39, 0.29) is 5.48 Å². The zero-order valence-corrected chi connectivity index (χ0v) is 21.8. The minimum absolute atomic E-state index is 0. The zero-order chi connectivity index (χ0) is 22.1. The molecular weight excluding hydrogens is 481 g/mol. The molecule has 33 heavy (non-hydrogen) atoms. The first-order valence-corrected chi connectivity index (χ1v) is 15.5. The zero-order valence-electron chi connectivity index (χ0n) is 18.5. The SMILES string of the molecule is O.c1ccc(CSSCc2ccccc2)cc1.c1ccc(CSSCc2ccccc2)cc1. The van der Waals surface area contributed by atoms with E-state index in [4.69, 9.17) is 0 Å². The number of hydrogen-bond donors (Lipinski definition) is 0. The molecule has 0 atom stereocenters. The first kappa shape index (κ1) is 27.5. The van der Waals surface area contributed by atoms with Crippen molar-refractivity contribution in [3.05, 3.63) is 144 Å². The monoisotopic (exact) mass is 510 g/mol. The Labute approximate surface area is 214 Å². The van der Waals surface area contributed by atoms with E-state index in [0.717, 1.165) is 23.0 Å². The third kappa shape index (κ3) is 12.3. The first-order valence-electron chi connectivity index (χ1n) is 10.5. The minimum Gasteiger partial charge on any atom is -0.412 e. The fourth-order valence-corrected chi connectivity index (χ4v) is 7.02. The van der Waals surface area contributed by atoms with Crippen LogP contribution < -0.4 is 0 Å². The van der Waals surface area contributed by atoms with Gasteiger partial charge in [0, 0.05) is 23.0 Å². The van der Waals surface area contributed by atoms with Crippen LogP contribution in [0.3, 0.4) is 0 Å². The van der Waals surface area contributed by atoms with E-state index in [1.807, 2.05) is 43.2 Å². The Kier molecular flexibility index (Phi) is 14.7. The van der Waals surface area contributed by atoms with Crippen molar-refractivity contribution >= 4 is 43.2 Å². The lowest BCUT2D eigenvalue weighted by Gasteiger charge is -2.01. The molecule has 0 bridgehead atoms. The number of benzene rings is 4. The highest BCUT2D eigenvalue weighted by Crippen LogP contribution is 2.30. The fourth-order valence-electron chi connectivity index (χ4n) is 2.74. The maximum absolute atomic E-state index is 2.18. The van der Waals surface area contributed by atoms with Gasteiger partial charge in [0.15, 0.2) is 0 Å². The molecule has 0 aliphatic rings. The molecule has 0 saturated carbocycles. The summed E-state index contributed by atoms with van der Waals surface area (Å²) in [6, 6.07) is 42.4. The second-order valence-electron chi connectivity index (χ2n) is 6.99. The Balaban J connectivity index is 0.000000227. The van der Waals surface area contributed by atoms with Gasteiger partial charge in [-0.05, 0) is 22.3 Å². The van der Waals surface area contributed by atoms with Gasteiger partial charge in [0.05, 0.1) is 0 Å². The molecule has 0 aromatic heterocycles. The summed E-state index contributed by atoms with van der Waals surface area (Å²) in [5.74, 6) is 4.33. The van der Waals surface area contributed by atoms with Gasteiger partial charge in [-0.3, -0.25) is 0 Å². The molecule has 0 unspecified atom stereocenters.